The van der Waals surface area contributed by atoms with Crippen molar-refractivity contribution in [3.8, 4) is 0 Å². The number of pyridine rings is 1. The first-order valence-electron chi connectivity index (χ1n) is 6.23. The molecule has 1 fully saturated rings. The SMILES string of the molecule is CN(CC1CCCN1C)c1ncc(CCl)cc1Cl. The first kappa shape index (κ1) is 13.9. The Labute approximate surface area is 119 Å². The summed E-state index contributed by atoms with van der Waals surface area (Å²) in [5, 5.41) is 0.677. The average Bonchev–Trinajstić information content (AvgIpc) is 2.74. The van der Waals surface area contributed by atoms with Crippen LogP contribution in [-0.4, -0.2) is 43.1 Å². The maximum Gasteiger partial charge on any atom is 0.147 e. The first-order chi connectivity index (χ1) is 8.61. The van der Waals surface area contributed by atoms with Crippen molar-refractivity contribution in [1.29, 1.82) is 0 Å². The molecule has 18 heavy (non-hydrogen) atoms. The molecule has 2 heterocycles. The van der Waals surface area contributed by atoms with Gasteiger partial charge in [0, 0.05) is 31.7 Å². The molecule has 1 aromatic rings. The number of rotatable bonds is 4. The predicted molar refractivity (Wildman–Crippen MR) is 77.7 cm³/mol. The minimum absolute atomic E-state index is 0.447. The number of likely N-dealkylation sites (N-methyl/N-ethyl adjacent to an activating group) is 2. The third-order valence-corrected chi connectivity index (χ3v) is 4.14. The molecule has 3 nitrogen and oxygen atoms in total. The Kier molecular flexibility index (Phi) is 4.71. The van der Waals surface area contributed by atoms with Gasteiger partial charge in [0.1, 0.15) is 5.82 Å². The van der Waals surface area contributed by atoms with Crippen LogP contribution in [0.3, 0.4) is 0 Å². The summed E-state index contributed by atoms with van der Waals surface area (Å²) in [5.74, 6) is 1.29. The lowest BCUT2D eigenvalue weighted by molar-refractivity contribution is 0.314. The first-order valence-corrected chi connectivity index (χ1v) is 7.15. The van der Waals surface area contributed by atoms with Crippen LogP contribution in [0, 0.1) is 0 Å². The molecule has 0 radical (unpaired) electrons. The molecule has 2 rings (SSSR count). The van der Waals surface area contributed by atoms with Gasteiger partial charge < -0.3 is 9.80 Å². The summed E-state index contributed by atoms with van der Waals surface area (Å²) in [7, 11) is 4.22. The van der Waals surface area contributed by atoms with Gasteiger partial charge in [-0.15, -0.1) is 11.6 Å². The van der Waals surface area contributed by atoms with E-state index in [1.54, 1.807) is 6.20 Å². The van der Waals surface area contributed by atoms with Crippen LogP contribution in [0.25, 0.3) is 0 Å². The molecule has 0 aromatic carbocycles. The zero-order chi connectivity index (χ0) is 13.1. The van der Waals surface area contributed by atoms with Crippen molar-refractivity contribution >= 4 is 29.0 Å². The van der Waals surface area contributed by atoms with Crippen LogP contribution in [0.2, 0.25) is 5.02 Å². The van der Waals surface area contributed by atoms with Gasteiger partial charge in [-0.05, 0) is 38.1 Å². The van der Waals surface area contributed by atoms with Crippen molar-refractivity contribution in [1.82, 2.24) is 9.88 Å². The fourth-order valence-electron chi connectivity index (χ4n) is 2.44. The summed E-state index contributed by atoms with van der Waals surface area (Å²) >= 11 is 12.0. The van der Waals surface area contributed by atoms with Gasteiger partial charge in [-0.3, -0.25) is 0 Å². The summed E-state index contributed by atoms with van der Waals surface area (Å²) in [4.78, 5) is 8.94. The quantitative estimate of drug-likeness (QED) is 0.794. The highest BCUT2D eigenvalue weighted by Crippen LogP contribution is 2.25. The Morgan fingerprint density at radius 3 is 2.89 bits per heavy atom. The molecule has 0 spiro atoms. The molecule has 1 unspecified atom stereocenters. The maximum atomic E-state index is 6.25. The molecule has 1 aromatic heterocycles. The number of aromatic nitrogens is 1. The van der Waals surface area contributed by atoms with E-state index in [0.29, 0.717) is 16.9 Å². The van der Waals surface area contributed by atoms with Gasteiger partial charge >= 0.3 is 0 Å². The highest BCUT2D eigenvalue weighted by atomic mass is 35.5. The maximum absolute atomic E-state index is 6.25. The van der Waals surface area contributed by atoms with Gasteiger partial charge in [-0.25, -0.2) is 4.98 Å². The molecule has 100 valence electrons. The van der Waals surface area contributed by atoms with Crippen LogP contribution < -0.4 is 4.90 Å². The second-order valence-corrected chi connectivity index (χ2v) is 5.61. The standard InChI is InChI=1S/C13H19Cl2N3/c1-17-5-3-4-11(17)9-18(2)13-12(15)6-10(7-14)8-16-13/h6,8,11H,3-5,7,9H2,1-2H3. The second kappa shape index (κ2) is 6.09. The highest BCUT2D eigenvalue weighted by molar-refractivity contribution is 6.33. The molecular formula is C13H19Cl2N3. The summed E-state index contributed by atoms with van der Waals surface area (Å²) in [6, 6.07) is 2.49. The Morgan fingerprint density at radius 1 is 1.56 bits per heavy atom. The average molecular weight is 288 g/mol. The molecule has 0 N–H and O–H groups in total. The van der Waals surface area contributed by atoms with E-state index in [-0.39, 0.29) is 0 Å². The van der Waals surface area contributed by atoms with E-state index in [0.717, 1.165) is 17.9 Å². The lowest BCUT2D eigenvalue weighted by Gasteiger charge is -2.27. The fourth-order valence-corrected chi connectivity index (χ4v) is 2.92. The molecular weight excluding hydrogens is 269 g/mol. The van der Waals surface area contributed by atoms with E-state index >= 15 is 0 Å². The molecule has 0 bridgehead atoms. The van der Waals surface area contributed by atoms with Crippen LogP contribution in [0.5, 0.6) is 0 Å². The Morgan fingerprint density at radius 2 is 2.33 bits per heavy atom. The monoisotopic (exact) mass is 287 g/mol. The third-order valence-electron chi connectivity index (χ3n) is 3.55. The molecule has 1 aliphatic rings. The zero-order valence-corrected chi connectivity index (χ0v) is 12.4. The van der Waals surface area contributed by atoms with Gasteiger partial charge in [0.15, 0.2) is 0 Å². The van der Waals surface area contributed by atoms with Crippen molar-refractivity contribution < 1.29 is 0 Å². The second-order valence-electron chi connectivity index (χ2n) is 4.94. The number of alkyl halides is 1. The van der Waals surface area contributed by atoms with E-state index in [2.05, 4.69) is 21.8 Å². The summed E-state index contributed by atoms with van der Waals surface area (Å²) in [6.07, 6.45) is 4.32. The van der Waals surface area contributed by atoms with Crippen LogP contribution >= 0.6 is 23.2 Å². The van der Waals surface area contributed by atoms with Crippen LogP contribution in [0.4, 0.5) is 5.82 Å². The minimum atomic E-state index is 0.447. The van der Waals surface area contributed by atoms with Crippen LogP contribution in [0.1, 0.15) is 18.4 Å². The van der Waals surface area contributed by atoms with Gasteiger partial charge in [0.25, 0.3) is 0 Å². The van der Waals surface area contributed by atoms with E-state index < -0.39 is 0 Å². The van der Waals surface area contributed by atoms with E-state index in [1.807, 2.05) is 13.1 Å². The smallest absolute Gasteiger partial charge is 0.147 e. The number of nitrogens with zero attached hydrogens (tertiary/aromatic N) is 3. The molecule has 0 saturated carbocycles. The topological polar surface area (TPSA) is 19.4 Å². The Balaban J connectivity index is 2.06. The van der Waals surface area contributed by atoms with Crippen LogP contribution in [0.15, 0.2) is 12.3 Å². The minimum Gasteiger partial charge on any atom is -0.357 e. The van der Waals surface area contributed by atoms with Gasteiger partial charge in [0.05, 0.1) is 5.02 Å². The molecule has 0 aliphatic carbocycles. The number of hydrogen-bond donors (Lipinski definition) is 0. The van der Waals surface area contributed by atoms with Crippen molar-refractivity contribution in [3.05, 3.63) is 22.8 Å². The molecule has 1 aliphatic heterocycles. The van der Waals surface area contributed by atoms with Crippen molar-refractivity contribution in [2.75, 3.05) is 32.1 Å². The number of halogens is 2. The number of anilines is 1. The Hall–Kier alpha value is -0.510. The summed E-state index contributed by atoms with van der Waals surface area (Å²) in [5.41, 5.74) is 0.955. The molecule has 0 amide bonds. The number of likely N-dealkylation sites (tertiary alicyclic amines) is 1. The predicted octanol–water partition coefficient (Wildman–Crippen LogP) is 3.00. The van der Waals surface area contributed by atoms with Gasteiger partial charge in [0.2, 0.25) is 0 Å². The molecule has 1 saturated heterocycles. The van der Waals surface area contributed by atoms with Crippen LogP contribution in [-0.2, 0) is 5.88 Å². The summed E-state index contributed by atoms with van der Waals surface area (Å²) in [6.45, 7) is 2.15. The van der Waals surface area contributed by atoms with Gasteiger partial charge in [-0.2, -0.15) is 0 Å². The fraction of sp³-hybridized carbons (Fsp3) is 0.615. The van der Waals surface area contributed by atoms with Gasteiger partial charge in [-0.1, -0.05) is 11.6 Å². The Bertz CT molecular complexity index is 411. The largest absolute Gasteiger partial charge is 0.357 e. The third kappa shape index (κ3) is 3.08. The molecule has 1 atom stereocenters. The van der Waals surface area contributed by atoms with Crippen molar-refractivity contribution in [2.24, 2.45) is 0 Å². The van der Waals surface area contributed by atoms with Crippen molar-refractivity contribution in [3.63, 3.8) is 0 Å². The van der Waals surface area contributed by atoms with E-state index in [9.17, 15) is 0 Å². The van der Waals surface area contributed by atoms with E-state index in [4.69, 9.17) is 23.2 Å². The lowest BCUT2D eigenvalue weighted by Crippen LogP contribution is -2.37. The zero-order valence-electron chi connectivity index (χ0n) is 10.9. The van der Waals surface area contributed by atoms with Crippen molar-refractivity contribution in [2.45, 2.75) is 24.8 Å². The number of hydrogen-bond acceptors (Lipinski definition) is 3. The summed E-state index contributed by atoms with van der Waals surface area (Å²) < 4.78 is 0. The lowest BCUT2D eigenvalue weighted by atomic mass is 10.2. The van der Waals surface area contributed by atoms with E-state index in [1.165, 1.54) is 19.4 Å². The highest BCUT2D eigenvalue weighted by Gasteiger charge is 2.23. The molecule has 5 heteroatoms. The normalized spacial score (nSPS) is 20.3.